The van der Waals surface area contributed by atoms with Crippen molar-refractivity contribution in [2.24, 2.45) is 0 Å². The van der Waals surface area contributed by atoms with Gasteiger partial charge >= 0.3 is 0 Å². The van der Waals surface area contributed by atoms with Crippen LogP contribution in [-0.2, 0) is 5.41 Å². The lowest BCUT2D eigenvalue weighted by Crippen LogP contribution is -2.19. The summed E-state index contributed by atoms with van der Waals surface area (Å²) in [6.07, 6.45) is 0. The van der Waals surface area contributed by atoms with E-state index in [2.05, 4.69) is 68.4 Å². The predicted molar refractivity (Wildman–Crippen MR) is 126 cm³/mol. The normalized spacial score (nSPS) is 13.7. The largest absolute Gasteiger partial charge is 0.250 e. The van der Waals surface area contributed by atoms with Gasteiger partial charge in [-0.15, -0.1) is 0 Å². The number of hydrogen-bond acceptors (Lipinski definition) is 3. The minimum atomic E-state index is -0.319. The number of aromatic nitrogens is 3. The first kappa shape index (κ1) is 18.0. The second-order valence-electron chi connectivity index (χ2n) is 8.55. The minimum absolute atomic E-state index is 0.319. The fourth-order valence-electron chi connectivity index (χ4n) is 4.56. The predicted octanol–water partition coefficient (Wildman–Crippen LogP) is 6.67. The van der Waals surface area contributed by atoms with Crippen LogP contribution in [0.25, 0.3) is 44.7 Å². The smallest absolute Gasteiger partial charge is 0.0953 e. The first-order valence-electron chi connectivity index (χ1n) is 10.6. The topological polar surface area (TPSA) is 38.7 Å². The number of hydrogen-bond donors (Lipinski definition) is 0. The van der Waals surface area contributed by atoms with Crippen molar-refractivity contribution in [2.45, 2.75) is 19.3 Å². The van der Waals surface area contributed by atoms with Gasteiger partial charge < -0.3 is 0 Å². The number of rotatable bonds is 2. The van der Waals surface area contributed by atoms with Gasteiger partial charge in [0.15, 0.2) is 0 Å². The van der Waals surface area contributed by atoms with E-state index in [0.717, 1.165) is 56.1 Å². The number of pyridine rings is 1. The van der Waals surface area contributed by atoms with Crippen LogP contribution in [-0.4, -0.2) is 15.0 Å². The van der Waals surface area contributed by atoms with Gasteiger partial charge in [-0.1, -0.05) is 72.8 Å². The van der Waals surface area contributed by atoms with Crippen molar-refractivity contribution in [1.82, 2.24) is 15.0 Å². The van der Waals surface area contributed by atoms with Gasteiger partial charge in [-0.2, -0.15) is 0 Å². The Bertz CT molecular complexity index is 1440. The summed E-state index contributed by atoms with van der Waals surface area (Å²) >= 11 is 0. The van der Waals surface area contributed by atoms with Gasteiger partial charge in [-0.05, 0) is 37.6 Å². The standard InChI is InChI=1S/C28H21N3/c1-28(2)26-21(25-27(28)30-23-16-10-9-15-22(23)29-25)17-20(18-11-5-3-6-12-18)24(31-26)19-13-7-4-8-14-19/h3-17H,1-2H3. The first-order chi connectivity index (χ1) is 15.1. The van der Waals surface area contributed by atoms with Gasteiger partial charge in [0.05, 0.1) is 39.2 Å². The molecular weight excluding hydrogens is 378 g/mol. The van der Waals surface area contributed by atoms with Crippen molar-refractivity contribution in [3.05, 3.63) is 102 Å². The Morgan fingerprint density at radius 1 is 0.516 bits per heavy atom. The molecule has 0 N–H and O–H groups in total. The van der Waals surface area contributed by atoms with Crippen LogP contribution in [0.4, 0.5) is 0 Å². The van der Waals surface area contributed by atoms with E-state index in [1.54, 1.807) is 0 Å². The van der Waals surface area contributed by atoms with Crippen LogP contribution in [0.2, 0.25) is 0 Å². The van der Waals surface area contributed by atoms with E-state index in [0.29, 0.717) is 0 Å². The lowest BCUT2D eigenvalue weighted by atomic mass is 9.88. The molecule has 0 atom stereocenters. The van der Waals surface area contributed by atoms with Crippen molar-refractivity contribution >= 4 is 11.0 Å². The Kier molecular flexibility index (Phi) is 3.81. The average molecular weight is 399 g/mol. The van der Waals surface area contributed by atoms with Crippen molar-refractivity contribution < 1.29 is 0 Å². The van der Waals surface area contributed by atoms with Crippen LogP contribution in [0.15, 0.2) is 91.0 Å². The second-order valence-corrected chi connectivity index (χ2v) is 8.55. The molecule has 2 aromatic heterocycles. The Hall–Kier alpha value is -3.85. The number of nitrogens with zero attached hydrogens (tertiary/aromatic N) is 3. The first-order valence-corrected chi connectivity index (χ1v) is 10.6. The van der Waals surface area contributed by atoms with Crippen LogP contribution >= 0.6 is 0 Å². The summed E-state index contributed by atoms with van der Waals surface area (Å²) < 4.78 is 0. The third-order valence-corrected chi connectivity index (χ3v) is 6.16. The van der Waals surface area contributed by atoms with E-state index < -0.39 is 0 Å². The van der Waals surface area contributed by atoms with Crippen LogP contribution in [0, 0.1) is 0 Å². The molecule has 0 spiro atoms. The summed E-state index contributed by atoms with van der Waals surface area (Å²) in [6.45, 7) is 4.40. The molecule has 2 heterocycles. The molecule has 0 radical (unpaired) electrons. The maximum atomic E-state index is 5.28. The summed E-state index contributed by atoms with van der Waals surface area (Å²) in [7, 11) is 0. The van der Waals surface area contributed by atoms with Gasteiger partial charge in [0.25, 0.3) is 0 Å². The summed E-state index contributed by atoms with van der Waals surface area (Å²) in [5.41, 5.74) is 9.96. The van der Waals surface area contributed by atoms with E-state index in [1.807, 2.05) is 36.4 Å². The molecule has 0 amide bonds. The molecule has 0 saturated carbocycles. The zero-order valence-corrected chi connectivity index (χ0v) is 17.5. The molecule has 3 nitrogen and oxygen atoms in total. The van der Waals surface area contributed by atoms with Crippen molar-refractivity contribution in [1.29, 1.82) is 0 Å². The van der Waals surface area contributed by atoms with Crippen LogP contribution in [0.1, 0.15) is 25.2 Å². The monoisotopic (exact) mass is 399 g/mol. The highest BCUT2D eigenvalue weighted by molar-refractivity contribution is 5.89. The maximum absolute atomic E-state index is 5.28. The van der Waals surface area contributed by atoms with Crippen molar-refractivity contribution in [3.8, 4) is 33.6 Å². The minimum Gasteiger partial charge on any atom is -0.250 e. The molecule has 6 rings (SSSR count). The Morgan fingerprint density at radius 2 is 1.10 bits per heavy atom. The molecule has 1 aliphatic rings. The van der Waals surface area contributed by atoms with E-state index in [1.165, 1.54) is 0 Å². The molecule has 0 bridgehead atoms. The van der Waals surface area contributed by atoms with Crippen LogP contribution in [0.3, 0.4) is 0 Å². The molecule has 5 aromatic rings. The fraction of sp³-hybridized carbons (Fsp3) is 0.107. The van der Waals surface area contributed by atoms with Crippen LogP contribution in [0.5, 0.6) is 0 Å². The molecule has 0 unspecified atom stereocenters. The van der Waals surface area contributed by atoms with E-state index >= 15 is 0 Å². The summed E-state index contributed by atoms with van der Waals surface area (Å²) in [5, 5.41) is 0. The van der Waals surface area contributed by atoms with Gasteiger partial charge in [-0.25, -0.2) is 9.97 Å². The highest BCUT2D eigenvalue weighted by atomic mass is 14.9. The average Bonchev–Trinajstić information content (AvgIpc) is 3.04. The summed E-state index contributed by atoms with van der Waals surface area (Å²) in [6, 6.07) is 31.2. The van der Waals surface area contributed by atoms with Crippen LogP contribution < -0.4 is 0 Å². The molecule has 148 valence electrons. The van der Waals surface area contributed by atoms with E-state index in [4.69, 9.17) is 15.0 Å². The molecule has 0 saturated heterocycles. The van der Waals surface area contributed by atoms with Crippen molar-refractivity contribution in [3.63, 3.8) is 0 Å². The number of para-hydroxylation sites is 2. The molecule has 0 aliphatic heterocycles. The Labute approximate surface area is 181 Å². The van der Waals surface area contributed by atoms with Gasteiger partial charge in [0.1, 0.15) is 0 Å². The van der Waals surface area contributed by atoms with Crippen molar-refractivity contribution in [2.75, 3.05) is 0 Å². The number of fused-ring (bicyclic) bond motifs is 4. The lowest BCUT2D eigenvalue weighted by molar-refractivity contribution is 0.618. The fourth-order valence-corrected chi connectivity index (χ4v) is 4.56. The van der Waals surface area contributed by atoms with E-state index in [-0.39, 0.29) is 5.41 Å². The molecule has 31 heavy (non-hydrogen) atoms. The zero-order valence-electron chi connectivity index (χ0n) is 17.5. The molecule has 1 aliphatic carbocycles. The highest BCUT2D eigenvalue weighted by Gasteiger charge is 2.41. The molecule has 3 aromatic carbocycles. The zero-order chi connectivity index (χ0) is 21.0. The summed E-state index contributed by atoms with van der Waals surface area (Å²) in [4.78, 5) is 15.3. The van der Waals surface area contributed by atoms with E-state index in [9.17, 15) is 0 Å². The third-order valence-electron chi connectivity index (χ3n) is 6.16. The van der Waals surface area contributed by atoms with Gasteiger partial charge in [0.2, 0.25) is 0 Å². The summed E-state index contributed by atoms with van der Waals surface area (Å²) in [5.74, 6) is 0. The lowest BCUT2D eigenvalue weighted by Gasteiger charge is -2.20. The maximum Gasteiger partial charge on any atom is 0.0953 e. The molecule has 3 heteroatoms. The van der Waals surface area contributed by atoms with Gasteiger partial charge in [-0.3, -0.25) is 4.98 Å². The quantitative estimate of drug-likeness (QED) is 0.333. The molecular formula is C28H21N3. The SMILES string of the molecule is CC1(C)c2nc(-c3ccccc3)c(-c3ccccc3)cc2-c2nc3ccccc3nc21. The van der Waals surface area contributed by atoms with Gasteiger partial charge in [0, 0.05) is 16.7 Å². The Morgan fingerprint density at radius 3 is 1.77 bits per heavy atom. The highest BCUT2D eigenvalue weighted by Crippen LogP contribution is 2.49. The molecule has 0 fully saturated rings. The Balaban J connectivity index is 1.69. The third kappa shape index (κ3) is 2.70. The second kappa shape index (κ2) is 6.58. The number of benzene rings is 3.